The Hall–Kier alpha value is -1.97. The molecule has 2 rings (SSSR count). The molecule has 0 bridgehead atoms. The highest BCUT2D eigenvalue weighted by Crippen LogP contribution is 2.32. The molecule has 0 fully saturated rings. The zero-order valence-corrected chi connectivity index (χ0v) is 13.3. The average Bonchev–Trinajstić information content (AvgIpc) is 2.97. The number of rotatable bonds is 4. The SMILES string of the molecule is CCC(NC(=O)C1=NN(C)C(=O)CC1)c1nc(C(F)(F)F)cs1. The van der Waals surface area contributed by atoms with Gasteiger partial charge < -0.3 is 5.32 Å². The standard InChI is InChI=1S/C13H15F3N4O2S/c1-3-7(12-18-9(6-23-12)13(14,15)16)17-11(22)8-4-5-10(21)20(2)19-8/h6-7H,3-5H2,1-2H3,(H,17,22). The topological polar surface area (TPSA) is 74.7 Å². The van der Waals surface area contributed by atoms with Crippen molar-refractivity contribution in [2.45, 2.75) is 38.4 Å². The first-order valence-electron chi connectivity index (χ1n) is 6.90. The minimum absolute atomic E-state index is 0.176. The van der Waals surface area contributed by atoms with Crippen LogP contribution in [0.25, 0.3) is 0 Å². The van der Waals surface area contributed by atoms with Crippen LogP contribution in [-0.2, 0) is 15.8 Å². The van der Waals surface area contributed by atoms with E-state index in [-0.39, 0.29) is 29.5 Å². The lowest BCUT2D eigenvalue weighted by Crippen LogP contribution is -2.39. The van der Waals surface area contributed by atoms with Crippen molar-refractivity contribution in [3.8, 4) is 0 Å². The summed E-state index contributed by atoms with van der Waals surface area (Å²) in [6.07, 6.45) is -3.74. The Morgan fingerprint density at radius 1 is 1.48 bits per heavy atom. The van der Waals surface area contributed by atoms with Crippen molar-refractivity contribution in [1.82, 2.24) is 15.3 Å². The molecule has 1 aliphatic heterocycles. The van der Waals surface area contributed by atoms with Gasteiger partial charge in [-0.05, 0) is 6.42 Å². The Labute approximate surface area is 134 Å². The number of carbonyl (C=O) groups excluding carboxylic acids is 2. The summed E-state index contributed by atoms with van der Waals surface area (Å²) in [5, 5.41) is 8.71. The van der Waals surface area contributed by atoms with Gasteiger partial charge >= 0.3 is 6.18 Å². The van der Waals surface area contributed by atoms with E-state index in [1.54, 1.807) is 6.92 Å². The third kappa shape index (κ3) is 4.06. The molecule has 126 valence electrons. The monoisotopic (exact) mass is 348 g/mol. The van der Waals surface area contributed by atoms with Crippen LogP contribution in [0.15, 0.2) is 10.5 Å². The van der Waals surface area contributed by atoms with Crippen LogP contribution < -0.4 is 5.32 Å². The normalized spacial score (nSPS) is 17.0. The molecule has 0 aliphatic carbocycles. The molecule has 0 spiro atoms. The lowest BCUT2D eigenvalue weighted by atomic mass is 10.1. The van der Waals surface area contributed by atoms with E-state index in [4.69, 9.17) is 0 Å². The molecule has 0 saturated heterocycles. The van der Waals surface area contributed by atoms with E-state index in [0.29, 0.717) is 6.42 Å². The number of thiazole rings is 1. The predicted molar refractivity (Wildman–Crippen MR) is 77.7 cm³/mol. The fourth-order valence-electron chi connectivity index (χ4n) is 1.99. The van der Waals surface area contributed by atoms with E-state index in [1.165, 1.54) is 7.05 Å². The highest BCUT2D eigenvalue weighted by Gasteiger charge is 2.34. The van der Waals surface area contributed by atoms with Crippen LogP contribution in [0.2, 0.25) is 0 Å². The van der Waals surface area contributed by atoms with Crippen molar-refractivity contribution < 1.29 is 22.8 Å². The van der Waals surface area contributed by atoms with Gasteiger partial charge in [0.25, 0.3) is 5.91 Å². The Balaban J connectivity index is 2.10. The van der Waals surface area contributed by atoms with Crippen molar-refractivity contribution in [3.63, 3.8) is 0 Å². The second-order valence-electron chi connectivity index (χ2n) is 4.97. The first kappa shape index (κ1) is 17.4. The molecular weight excluding hydrogens is 333 g/mol. The number of alkyl halides is 3. The molecule has 6 nitrogen and oxygen atoms in total. The van der Waals surface area contributed by atoms with Crippen molar-refractivity contribution in [3.05, 3.63) is 16.1 Å². The summed E-state index contributed by atoms with van der Waals surface area (Å²) in [7, 11) is 1.45. The van der Waals surface area contributed by atoms with E-state index in [9.17, 15) is 22.8 Å². The fraction of sp³-hybridized carbons (Fsp3) is 0.538. The van der Waals surface area contributed by atoms with E-state index in [2.05, 4.69) is 15.4 Å². The highest BCUT2D eigenvalue weighted by atomic mass is 32.1. The lowest BCUT2D eigenvalue weighted by Gasteiger charge is -2.21. The van der Waals surface area contributed by atoms with Crippen molar-refractivity contribution in [2.75, 3.05) is 7.05 Å². The molecular formula is C13H15F3N4O2S. The molecule has 0 aromatic carbocycles. The van der Waals surface area contributed by atoms with Crippen molar-refractivity contribution >= 4 is 28.9 Å². The van der Waals surface area contributed by atoms with Crippen LogP contribution in [0.4, 0.5) is 13.2 Å². The van der Waals surface area contributed by atoms with E-state index >= 15 is 0 Å². The van der Waals surface area contributed by atoms with Crippen LogP contribution in [0.5, 0.6) is 0 Å². The maximum Gasteiger partial charge on any atom is 0.434 e. The third-order valence-electron chi connectivity index (χ3n) is 3.29. The van der Waals surface area contributed by atoms with Gasteiger partial charge in [0.15, 0.2) is 5.69 Å². The molecule has 0 radical (unpaired) electrons. The molecule has 1 unspecified atom stereocenters. The fourth-order valence-corrected chi connectivity index (χ4v) is 2.95. The zero-order valence-electron chi connectivity index (χ0n) is 12.5. The molecule has 0 saturated carbocycles. The Kier molecular flexibility index (Phi) is 5.03. The number of hydrazone groups is 1. The number of amides is 2. The van der Waals surface area contributed by atoms with Gasteiger partial charge in [0, 0.05) is 25.3 Å². The maximum absolute atomic E-state index is 12.6. The predicted octanol–water partition coefficient (Wildman–Crippen LogP) is 2.34. The third-order valence-corrected chi connectivity index (χ3v) is 4.25. The molecule has 2 heterocycles. The van der Waals surface area contributed by atoms with Gasteiger partial charge in [0.2, 0.25) is 5.91 Å². The van der Waals surface area contributed by atoms with E-state index < -0.39 is 23.8 Å². The van der Waals surface area contributed by atoms with Crippen molar-refractivity contribution in [1.29, 1.82) is 0 Å². The summed E-state index contributed by atoms with van der Waals surface area (Å²) in [5.74, 6) is -0.691. The van der Waals surface area contributed by atoms with Gasteiger partial charge in [0.1, 0.15) is 10.7 Å². The molecule has 1 atom stereocenters. The zero-order chi connectivity index (χ0) is 17.2. The van der Waals surface area contributed by atoms with Gasteiger partial charge in [-0.25, -0.2) is 9.99 Å². The first-order chi connectivity index (χ1) is 10.7. The van der Waals surface area contributed by atoms with Gasteiger partial charge in [-0.15, -0.1) is 11.3 Å². The number of halogens is 3. The number of nitrogens with zero attached hydrogens (tertiary/aromatic N) is 3. The molecule has 23 heavy (non-hydrogen) atoms. The number of nitrogens with one attached hydrogen (secondary N) is 1. The highest BCUT2D eigenvalue weighted by molar-refractivity contribution is 7.09. The first-order valence-corrected chi connectivity index (χ1v) is 7.77. The van der Waals surface area contributed by atoms with Gasteiger partial charge in [-0.1, -0.05) is 6.92 Å². The Bertz CT molecular complexity index is 641. The van der Waals surface area contributed by atoms with Crippen molar-refractivity contribution in [2.24, 2.45) is 5.10 Å². The number of carbonyl (C=O) groups is 2. The summed E-state index contributed by atoms with van der Waals surface area (Å²) in [4.78, 5) is 27.1. The smallest absolute Gasteiger partial charge is 0.342 e. The number of hydrogen-bond donors (Lipinski definition) is 1. The van der Waals surface area contributed by atoms with Gasteiger partial charge in [-0.3, -0.25) is 9.59 Å². The molecule has 2 amide bonds. The van der Waals surface area contributed by atoms with Crippen LogP contribution in [0, 0.1) is 0 Å². The number of hydrogen-bond acceptors (Lipinski definition) is 5. The largest absolute Gasteiger partial charge is 0.434 e. The summed E-state index contributed by atoms with van der Waals surface area (Å²) < 4.78 is 37.8. The quantitative estimate of drug-likeness (QED) is 0.907. The molecule has 1 N–H and O–H groups in total. The van der Waals surface area contributed by atoms with Crippen LogP contribution in [-0.4, -0.2) is 34.6 Å². The molecule has 1 aliphatic rings. The maximum atomic E-state index is 12.6. The van der Waals surface area contributed by atoms with Crippen LogP contribution >= 0.6 is 11.3 Å². The summed E-state index contributed by atoms with van der Waals surface area (Å²) in [5.41, 5.74) is -0.788. The molecule has 10 heteroatoms. The van der Waals surface area contributed by atoms with Crippen LogP contribution in [0.3, 0.4) is 0 Å². The molecule has 1 aromatic heterocycles. The Morgan fingerprint density at radius 2 is 2.17 bits per heavy atom. The molecule has 1 aromatic rings. The second kappa shape index (κ2) is 6.65. The lowest BCUT2D eigenvalue weighted by molar-refractivity contribution is -0.140. The summed E-state index contributed by atoms with van der Waals surface area (Å²) >= 11 is 0.848. The summed E-state index contributed by atoms with van der Waals surface area (Å²) in [6.45, 7) is 1.73. The van der Waals surface area contributed by atoms with Gasteiger partial charge in [0.05, 0.1) is 6.04 Å². The van der Waals surface area contributed by atoms with Gasteiger partial charge in [-0.2, -0.15) is 18.3 Å². The average molecular weight is 348 g/mol. The number of aromatic nitrogens is 1. The second-order valence-corrected chi connectivity index (χ2v) is 5.86. The minimum Gasteiger partial charge on any atom is -0.342 e. The Morgan fingerprint density at radius 3 is 2.70 bits per heavy atom. The van der Waals surface area contributed by atoms with Crippen LogP contribution in [0.1, 0.15) is 42.9 Å². The van der Waals surface area contributed by atoms with E-state index in [0.717, 1.165) is 21.7 Å². The van der Waals surface area contributed by atoms with E-state index in [1.807, 2.05) is 0 Å². The minimum atomic E-state index is -4.51. The summed E-state index contributed by atoms with van der Waals surface area (Å²) in [6, 6.07) is -0.630.